The van der Waals surface area contributed by atoms with Gasteiger partial charge in [0.15, 0.2) is 0 Å². The van der Waals surface area contributed by atoms with Crippen LogP contribution in [0.4, 0.5) is 0 Å². The summed E-state index contributed by atoms with van der Waals surface area (Å²) in [6.45, 7) is 0.517. The monoisotopic (exact) mass is 415 g/mol. The zero-order chi connectivity index (χ0) is 14.7. The third-order valence-corrected chi connectivity index (χ3v) is 4.96. The number of hydrogen-bond donors (Lipinski definition) is 0. The highest BCUT2D eigenvalue weighted by molar-refractivity contribution is 9.10. The average molecular weight is 418 g/mol. The zero-order valence-electron chi connectivity index (χ0n) is 10.7. The molecule has 0 fully saturated rings. The van der Waals surface area contributed by atoms with E-state index < -0.39 is 0 Å². The summed E-state index contributed by atoms with van der Waals surface area (Å²) in [6.07, 6.45) is 0. The number of rotatable bonds is 3. The first kappa shape index (κ1) is 15.5. The Morgan fingerprint density at radius 2 is 1.75 bits per heavy atom. The van der Waals surface area contributed by atoms with E-state index in [0.717, 1.165) is 14.5 Å². The van der Waals surface area contributed by atoms with E-state index in [9.17, 15) is 4.79 Å². The lowest BCUT2D eigenvalue weighted by Gasteiger charge is -2.19. The molecule has 0 heterocycles. The summed E-state index contributed by atoms with van der Waals surface area (Å²) in [6, 6.07) is 13.2. The summed E-state index contributed by atoms with van der Waals surface area (Å²) in [4.78, 5) is 14.1. The van der Waals surface area contributed by atoms with Crippen molar-refractivity contribution >= 4 is 49.4 Å². The van der Waals surface area contributed by atoms with Crippen LogP contribution in [0.1, 0.15) is 15.9 Å². The first-order valence-electron chi connectivity index (χ1n) is 5.93. The summed E-state index contributed by atoms with van der Waals surface area (Å²) >= 11 is 13.0. The Balaban J connectivity index is 2.21. The lowest BCUT2D eigenvalue weighted by molar-refractivity contribution is 0.0785. The van der Waals surface area contributed by atoms with Crippen LogP contribution in [0.2, 0.25) is 5.02 Å². The van der Waals surface area contributed by atoms with E-state index in [1.807, 2.05) is 30.3 Å². The number of carbonyl (C=O) groups excluding carboxylic acids is 1. The number of benzene rings is 2. The van der Waals surface area contributed by atoms with Crippen molar-refractivity contribution in [3.05, 3.63) is 67.6 Å². The zero-order valence-corrected chi connectivity index (χ0v) is 14.7. The largest absolute Gasteiger partial charge is 0.337 e. The molecule has 0 radical (unpaired) electrons. The van der Waals surface area contributed by atoms with Gasteiger partial charge in [-0.1, -0.05) is 51.8 Å². The molecule has 2 aromatic rings. The van der Waals surface area contributed by atoms with Crippen molar-refractivity contribution in [2.45, 2.75) is 6.54 Å². The van der Waals surface area contributed by atoms with Crippen molar-refractivity contribution in [1.82, 2.24) is 4.90 Å². The Kier molecular flexibility index (Phi) is 5.24. The molecule has 0 aromatic heterocycles. The van der Waals surface area contributed by atoms with Gasteiger partial charge < -0.3 is 4.90 Å². The number of carbonyl (C=O) groups is 1. The van der Waals surface area contributed by atoms with Gasteiger partial charge in [0, 0.05) is 22.5 Å². The Morgan fingerprint density at radius 3 is 2.45 bits per heavy atom. The van der Waals surface area contributed by atoms with E-state index >= 15 is 0 Å². The fourth-order valence-corrected chi connectivity index (χ4v) is 2.81. The predicted octanol–water partition coefficient (Wildman–Crippen LogP) is 5.14. The standard InChI is InChI=1S/C15H12Br2ClNO/c1-19(9-10-5-2-3-7-12(10)16)15(20)11-6-4-8-13(17)14(11)18/h2-8H,9H2,1H3. The fourth-order valence-electron chi connectivity index (χ4n) is 1.83. The van der Waals surface area contributed by atoms with Crippen molar-refractivity contribution in [2.75, 3.05) is 7.05 Å². The van der Waals surface area contributed by atoms with Crippen molar-refractivity contribution in [3.8, 4) is 0 Å². The summed E-state index contributed by atoms with van der Waals surface area (Å²) in [7, 11) is 1.76. The van der Waals surface area contributed by atoms with E-state index in [-0.39, 0.29) is 5.91 Å². The summed E-state index contributed by atoms with van der Waals surface area (Å²) in [5, 5.41) is 0.441. The van der Waals surface area contributed by atoms with Gasteiger partial charge in [-0.25, -0.2) is 0 Å². The molecule has 2 aromatic carbocycles. The molecule has 0 aliphatic heterocycles. The van der Waals surface area contributed by atoms with Crippen LogP contribution in [0.3, 0.4) is 0 Å². The highest BCUT2D eigenvalue weighted by Crippen LogP contribution is 2.27. The molecule has 0 unspecified atom stereocenters. The number of nitrogens with zero attached hydrogens (tertiary/aromatic N) is 1. The lowest BCUT2D eigenvalue weighted by atomic mass is 10.1. The highest BCUT2D eigenvalue weighted by atomic mass is 79.9. The SMILES string of the molecule is CN(Cc1ccccc1Br)C(=O)c1cccc(Br)c1Cl. The van der Waals surface area contributed by atoms with Gasteiger partial charge in [0.05, 0.1) is 10.6 Å². The van der Waals surface area contributed by atoms with E-state index in [0.29, 0.717) is 17.1 Å². The molecule has 5 heteroatoms. The molecule has 0 spiro atoms. The minimum Gasteiger partial charge on any atom is -0.337 e. The summed E-state index contributed by atoms with van der Waals surface area (Å²) in [5.74, 6) is -0.105. The molecule has 0 aliphatic rings. The molecule has 0 saturated carbocycles. The first-order chi connectivity index (χ1) is 9.50. The summed E-state index contributed by atoms with van der Waals surface area (Å²) in [5.41, 5.74) is 1.55. The fraction of sp³-hybridized carbons (Fsp3) is 0.133. The molecule has 2 nitrogen and oxygen atoms in total. The van der Waals surface area contributed by atoms with Crippen LogP contribution in [0.15, 0.2) is 51.4 Å². The van der Waals surface area contributed by atoms with Crippen LogP contribution in [0.25, 0.3) is 0 Å². The molecular weight excluding hydrogens is 405 g/mol. The van der Waals surface area contributed by atoms with Crippen LogP contribution in [-0.2, 0) is 6.54 Å². The first-order valence-corrected chi connectivity index (χ1v) is 7.90. The van der Waals surface area contributed by atoms with Crippen LogP contribution < -0.4 is 0 Å². The Labute approximate surface area is 140 Å². The maximum absolute atomic E-state index is 12.4. The van der Waals surface area contributed by atoms with Crippen LogP contribution in [0, 0.1) is 0 Å². The lowest BCUT2D eigenvalue weighted by Crippen LogP contribution is -2.26. The number of amides is 1. The molecular formula is C15H12Br2ClNO. The van der Waals surface area contributed by atoms with Gasteiger partial charge in [0.2, 0.25) is 0 Å². The number of halogens is 3. The quantitative estimate of drug-likeness (QED) is 0.677. The molecule has 0 aliphatic carbocycles. The maximum atomic E-state index is 12.4. The minimum absolute atomic E-state index is 0.105. The highest BCUT2D eigenvalue weighted by Gasteiger charge is 2.17. The van der Waals surface area contributed by atoms with Gasteiger partial charge in [-0.2, -0.15) is 0 Å². The van der Waals surface area contributed by atoms with Gasteiger partial charge in [-0.05, 0) is 39.7 Å². The topological polar surface area (TPSA) is 20.3 Å². The van der Waals surface area contributed by atoms with E-state index in [1.54, 1.807) is 24.1 Å². The normalized spacial score (nSPS) is 10.4. The van der Waals surface area contributed by atoms with Gasteiger partial charge in [-0.3, -0.25) is 4.79 Å². The van der Waals surface area contributed by atoms with E-state index in [1.165, 1.54) is 0 Å². The van der Waals surface area contributed by atoms with Gasteiger partial charge in [0.1, 0.15) is 0 Å². The maximum Gasteiger partial charge on any atom is 0.255 e. The van der Waals surface area contributed by atoms with Crippen LogP contribution in [0.5, 0.6) is 0 Å². The molecule has 0 N–H and O–H groups in total. The molecule has 0 atom stereocenters. The molecule has 1 amide bonds. The molecule has 2 rings (SSSR count). The van der Waals surface area contributed by atoms with E-state index in [4.69, 9.17) is 11.6 Å². The Morgan fingerprint density at radius 1 is 1.10 bits per heavy atom. The van der Waals surface area contributed by atoms with Crippen LogP contribution >= 0.6 is 43.5 Å². The third kappa shape index (κ3) is 3.43. The van der Waals surface area contributed by atoms with Gasteiger partial charge >= 0.3 is 0 Å². The second kappa shape index (κ2) is 6.74. The Bertz CT molecular complexity index is 646. The average Bonchev–Trinajstić information content (AvgIpc) is 2.43. The molecule has 104 valence electrons. The predicted molar refractivity (Wildman–Crippen MR) is 89.1 cm³/mol. The second-order valence-corrected chi connectivity index (χ2v) is 6.44. The van der Waals surface area contributed by atoms with Crippen molar-refractivity contribution in [3.63, 3.8) is 0 Å². The van der Waals surface area contributed by atoms with E-state index in [2.05, 4.69) is 31.9 Å². The smallest absolute Gasteiger partial charge is 0.255 e. The van der Waals surface area contributed by atoms with Crippen molar-refractivity contribution in [1.29, 1.82) is 0 Å². The molecule has 0 bridgehead atoms. The van der Waals surface area contributed by atoms with Gasteiger partial charge in [0.25, 0.3) is 5.91 Å². The van der Waals surface area contributed by atoms with Crippen molar-refractivity contribution in [2.24, 2.45) is 0 Å². The van der Waals surface area contributed by atoms with Gasteiger partial charge in [-0.15, -0.1) is 0 Å². The minimum atomic E-state index is -0.105. The molecule has 0 saturated heterocycles. The molecule has 20 heavy (non-hydrogen) atoms. The third-order valence-electron chi connectivity index (χ3n) is 2.89. The van der Waals surface area contributed by atoms with Crippen LogP contribution in [-0.4, -0.2) is 17.9 Å². The number of hydrogen-bond acceptors (Lipinski definition) is 1. The second-order valence-electron chi connectivity index (χ2n) is 4.35. The van der Waals surface area contributed by atoms with Crippen molar-refractivity contribution < 1.29 is 4.79 Å². The summed E-state index contributed by atoms with van der Waals surface area (Å²) < 4.78 is 1.71. The Hall–Kier alpha value is -0.840.